The first-order valence-electron chi connectivity index (χ1n) is 9.70. The predicted molar refractivity (Wildman–Crippen MR) is 114 cm³/mol. The number of nitrogens with two attached hydrogens (primary N) is 1. The lowest BCUT2D eigenvalue weighted by Crippen LogP contribution is -2.48. The lowest BCUT2D eigenvalue weighted by Gasteiger charge is -2.36. The van der Waals surface area contributed by atoms with Crippen LogP contribution in [0, 0.1) is 0 Å². The molecule has 0 aliphatic carbocycles. The van der Waals surface area contributed by atoms with Gasteiger partial charge in [-0.05, 0) is 20.2 Å². The first kappa shape index (κ1) is 18.6. The number of pyridine rings is 1. The van der Waals surface area contributed by atoms with E-state index in [-0.39, 0.29) is 0 Å². The molecule has 28 heavy (non-hydrogen) atoms. The molecular weight excluding hydrogens is 350 g/mol. The van der Waals surface area contributed by atoms with E-state index in [0.717, 1.165) is 67.2 Å². The van der Waals surface area contributed by atoms with Gasteiger partial charge < -0.3 is 15.5 Å². The minimum atomic E-state index is 0.485. The highest BCUT2D eigenvalue weighted by Crippen LogP contribution is 2.29. The average molecular weight is 377 g/mol. The second-order valence-electron chi connectivity index (χ2n) is 7.48. The van der Waals surface area contributed by atoms with Gasteiger partial charge in [-0.1, -0.05) is 24.3 Å². The van der Waals surface area contributed by atoms with Gasteiger partial charge in [0.15, 0.2) is 11.6 Å². The monoisotopic (exact) mass is 377 g/mol. The smallest absolute Gasteiger partial charge is 0.172 e. The third kappa shape index (κ3) is 3.90. The number of piperazine rings is 1. The van der Waals surface area contributed by atoms with Crippen LogP contribution in [0.4, 0.5) is 11.6 Å². The molecule has 0 saturated carbocycles. The number of nitrogens with zero attached hydrogens (tertiary/aromatic N) is 6. The fourth-order valence-corrected chi connectivity index (χ4v) is 3.59. The Morgan fingerprint density at radius 3 is 2.61 bits per heavy atom. The zero-order chi connectivity index (χ0) is 19.5. The molecule has 2 N–H and O–H groups in total. The predicted octanol–water partition coefficient (Wildman–Crippen LogP) is 1.96. The summed E-state index contributed by atoms with van der Waals surface area (Å²) in [7, 11) is 4.22. The minimum absolute atomic E-state index is 0.485. The third-order valence-corrected chi connectivity index (χ3v) is 5.23. The van der Waals surface area contributed by atoms with Gasteiger partial charge in [-0.15, -0.1) is 0 Å². The number of likely N-dealkylation sites (N-methyl/N-ethyl adjacent to an activating group) is 1. The fourth-order valence-electron chi connectivity index (χ4n) is 3.59. The first-order valence-corrected chi connectivity index (χ1v) is 9.70. The molecule has 0 spiro atoms. The Balaban J connectivity index is 1.57. The maximum atomic E-state index is 6.19. The molecule has 0 bridgehead atoms. The van der Waals surface area contributed by atoms with Crippen LogP contribution in [0.5, 0.6) is 0 Å². The van der Waals surface area contributed by atoms with E-state index in [0.29, 0.717) is 5.82 Å². The summed E-state index contributed by atoms with van der Waals surface area (Å²) in [6, 6.07) is 10.1. The van der Waals surface area contributed by atoms with Gasteiger partial charge in [-0.25, -0.2) is 9.97 Å². The van der Waals surface area contributed by atoms with Gasteiger partial charge >= 0.3 is 0 Å². The molecule has 0 atom stereocenters. The summed E-state index contributed by atoms with van der Waals surface area (Å²) in [5.74, 6) is 1.26. The Labute approximate surface area is 165 Å². The number of para-hydroxylation sites is 1. The van der Waals surface area contributed by atoms with Crippen LogP contribution in [-0.4, -0.2) is 78.1 Å². The molecule has 1 aliphatic rings. The number of benzene rings is 1. The fraction of sp³-hybridized carbons (Fsp3) is 0.381. The van der Waals surface area contributed by atoms with Gasteiger partial charge in [0.1, 0.15) is 0 Å². The number of fused-ring (bicyclic) bond motifs is 1. The van der Waals surface area contributed by atoms with E-state index in [2.05, 4.69) is 50.9 Å². The van der Waals surface area contributed by atoms with Crippen molar-refractivity contribution in [2.45, 2.75) is 0 Å². The molecule has 1 fully saturated rings. The third-order valence-electron chi connectivity index (χ3n) is 5.23. The van der Waals surface area contributed by atoms with Crippen LogP contribution in [0.2, 0.25) is 0 Å². The minimum Gasteiger partial charge on any atom is -0.381 e. The van der Waals surface area contributed by atoms with Crippen molar-refractivity contribution < 1.29 is 0 Å². The van der Waals surface area contributed by atoms with Crippen LogP contribution >= 0.6 is 0 Å². The molecule has 0 unspecified atom stereocenters. The summed E-state index contributed by atoms with van der Waals surface area (Å²) >= 11 is 0. The van der Waals surface area contributed by atoms with Crippen molar-refractivity contribution in [2.24, 2.45) is 0 Å². The Hall–Kier alpha value is -2.77. The summed E-state index contributed by atoms with van der Waals surface area (Å²) in [6.07, 6.45) is 3.56. The van der Waals surface area contributed by atoms with E-state index in [9.17, 15) is 0 Å². The molecule has 0 radical (unpaired) electrons. The van der Waals surface area contributed by atoms with E-state index < -0.39 is 0 Å². The molecule has 1 saturated heterocycles. The number of hydrogen-bond acceptors (Lipinski definition) is 7. The van der Waals surface area contributed by atoms with Crippen molar-refractivity contribution in [1.29, 1.82) is 0 Å². The maximum Gasteiger partial charge on any atom is 0.172 e. The highest BCUT2D eigenvalue weighted by atomic mass is 15.3. The molecular formula is C21H27N7. The van der Waals surface area contributed by atoms with E-state index in [1.165, 1.54) is 0 Å². The van der Waals surface area contributed by atoms with Crippen LogP contribution in [-0.2, 0) is 0 Å². The first-order chi connectivity index (χ1) is 13.6. The molecule has 7 heteroatoms. The summed E-state index contributed by atoms with van der Waals surface area (Å²) in [4.78, 5) is 20.8. The van der Waals surface area contributed by atoms with Crippen LogP contribution in [0.15, 0.2) is 42.7 Å². The summed E-state index contributed by atoms with van der Waals surface area (Å²) in [6.45, 7) is 5.99. The number of anilines is 2. The molecule has 1 aromatic carbocycles. The van der Waals surface area contributed by atoms with Crippen molar-refractivity contribution in [1.82, 2.24) is 24.8 Å². The van der Waals surface area contributed by atoms with Gasteiger partial charge in [-0.3, -0.25) is 9.88 Å². The number of hydrogen-bond donors (Lipinski definition) is 1. The van der Waals surface area contributed by atoms with Gasteiger partial charge in [0, 0.05) is 56.4 Å². The highest BCUT2D eigenvalue weighted by Gasteiger charge is 2.21. The maximum absolute atomic E-state index is 6.19. The van der Waals surface area contributed by atoms with Crippen LogP contribution in [0.3, 0.4) is 0 Å². The average Bonchev–Trinajstić information content (AvgIpc) is 2.73. The van der Waals surface area contributed by atoms with Crippen LogP contribution < -0.4 is 10.6 Å². The zero-order valence-electron chi connectivity index (χ0n) is 16.5. The molecule has 146 valence electrons. The van der Waals surface area contributed by atoms with E-state index in [1.807, 2.05) is 24.4 Å². The SMILES string of the molecule is CN(C)CCN1CCN(c2nc(-c3cccc4cccnc34)cnc2N)CC1. The standard InChI is InChI=1S/C21H27N7/c1-26(2)9-10-27-11-13-28(14-12-27)21-20(22)24-15-18(25-21)17-7-3-5-16-6-4-8-23-19(16)17/h3-8,15H,9-14H2,1-2H3,(H2,22,24). The largest absolute Gasteiger partial charge is 0.381 e. The topological polar surface area (TPSA) is 74.4 Å². The normalized spacial score (nSPS) is 15.5. The van der Waals surface area contributed by atoms with E-state index >= 15 is 0 Å². The Morgan fingerprint density at radius 1 is 1.04 bits per heavy atom. The quantitative estimate of drug-likeness (QED) is 0.728. The van der Waals surface area contributed by atoms with Crippen molar-refractivity contribution >= 4 is 22.5 Å². The summed E-state index contributed by atoms with van der Waals surface area (Å²) in [5, 5.41) is 1.09. The van der Waals surface area contributed by atoms with Crippen LogP contribution in [0.1, 0.15) is 0 Å². The number of nitrogen functional groups attached to an aromatic ring is 1. The molecule has 4 rings (SSSR count). The van der Waals surface area contributed by atoms with Crippen molar-refractivity contribution in [2.75, 3.05) is 64.0 Å². The second-order valence-corrected chi connectivity index (χ2v) is 7.48. The summed E-state index contributed by atoms with van der Waals surface area (Å²) in [5.41, 5.74) is 8.92. The van der Waals surface area contributed by atoms with Gasteiger partial charge in [0.2, 0.25) is 0 Å². The van der Waals surface area contributed by atoms with Crippen molar-refractivity contribution in [3.8, 4) is 11.3 Å². The Kier molecular flexibility index (Phi) is 5.36. The number of aromatic nitrogens is 3. The Bertz CT molecular complexity index is 943. The molecule has 3 aromatic rings. The second kappa shape index (κ2) is 8.08. The van der Waals surface area contributed by atoms with Crippen molar-refractivity contribution in [3.63, 3.8) is 0 Å². The van der Waals surface area contributed by atoms with Gasteiger partial charge in [-0.2, -0.15) is 0 Å². The molecule has 7 nitrogen and oxygen atoms in total. The molecule has 1 aliphatic heterocycles. The lowest BCUT2D eigenvalue weighted by molar-refractivity contribution is 0.229. The molecule has 3 heterocycles. The number of rotatable bonds is 5. The van der Waals surface area contributed by atoms with Crippen LogP contribution in [0.25, 0.3) is 22.2 Å². The van der Waals surface area contributed by atoms with E-state index in [4.69, 9.17) is 10.7 Å². The Morgan fingerprint density at radius 2 is 1.82 bits per heavy atom. The van der Waals surface area contributed by atoms with Crippen molar-refractivity contribution in [3.05, 3.63) is 42.7 Å². The lowest BCUT2D eigenvalue weighted by atomic mass is 10.1. The van der Waals surface area contributed by atoms with Gasteiger partial charge in [0.25, 0.3) is 0 Å². The zero-order valence-corrected chi connectivity index (χ0v) is 16.5. The highest BCUT2D eigenvalue weighted by molar-refractivity contribution is 5.92. The summed E-state index contributed by atoms with van der Waals surface area (Å²) < 4.78 is 0. The van der Waals surface area contributed by atoms with E-state index in [1.54, 1.807) is 6.20 Å². The molecule has 0 amide bonds. The molecule has 2 aromatic heterocycles. The van der Waals surface area contributed by atoms with Gasteiger partial charge in [0.05, 0.1) is 17.4 Å².